The molecule has 0 radical (unpaired) electrons. The van der Waals surface area contributed by atoms with Crippen molar-refractivity contribution in [3.63, 3.8) is 0 Å². The van der Waals surface area contributed by atoms with Crippen molar-refractivity contribution in [3.05, 3.63) is 33.9 Å². The zero-order valence-corrected chi connectivity index (χ0v) is 9.85. The highest BCUT2D eigenvalue weighted by atomic mass is 79.9. The number of anilines is 1. The Morgan fingerprint density at radius 3 is 2.93 bits per heavy atom. The topological polar surface area (TPSA) is 24.9 Å². The Hall–Kier alpha value is -0.800. The molecule has 0 aliphatic carbocycles. The number of aromatic nitrogens is 1. The van der Waals surface area contributed by atoms with E-state index < -0.39 is 0 Å². The first-order chi connectivity index (χ1) is 6.74. The molecule has 2 rings (SSSR count). The molecule has 2 aromatic rings. The van der Waals surface area contributed by atoms with Gasteiger partial charge in [-0.3, -0.25) is 0 Å². The lowest BCUT2D eigenvalue weighted by atomic mass is 10.1. The second-order valence-corrected chi connectivity index (χ2v) is 4.13. The van der Waals surface area contributed by atoms with Gasteiger partial charge >= 0.3 is 0 Å². The van der Waals surface area contributed by atoms with Gasteiger partial charge in [-0.05, 0) is 22.0 Å². The number of hydrogen-bond acceptors (Lipinski definition) is 2. The maximum atomic E-state index is 6.11. The van der Waals surface area contributed by atoms with Crippen molar-refractivity contribution in [2.75, 3.05) is 12.4 Å². The molecule has 0 atom stereocenters. The van der Waals surface area contributed by atoms with Crippen LogP contribution >= 0.6 is 27.5 Å². The molecule has 0 aliphatic heterocycles. The maximum absolute atomic E-state index is 6.11. The Morgan fingerprint density at radius 1 is 1.43 bits per heavy atom. The standard InChI is InChI=1S/C10H8BrClN2/c1-13-10-6-3-2-4-8(12)9(6)7(11)5-14-10/h2-5H,1H3,(H,13,14). The number of pyridine rings is 1. The summed E-state index contributed by atoms with van der Waals surface area (Å²) in [5, 5.41) is 5.78. The van der Waals surface area contributed by atoms with Crippen molar-refractivity contribution in [2.45, 2.75) is 0 Å². The van der Waals surface area contributed by atoms with Crippen molar-refractivity contribution in [2.24, 2.45) is 0 Å². The van der Waals surface area contributed by atoms with Gasteiger partial charge in [-0.2, -0.15) is 0 Å². The Kier molecular flexibility index (Phi) is 2.61. The summed E-state index contributed by atoms with van der Waals surface area (Å²) in [5.41, 5.74) is 0. The van der Waals surface area contributed by atoms with E-state index in [2.05, 4.69) is 26.2 Å². The highest BCUT2D eigenvalue weighted by Gasteiger charge is 2.07. The third-order valence-electron chi connectivity index (χ3n) is 2.05. The molecule has 0 saturated heterocycles. The predicted octanol–water partition coefficient (Wildman–Crippen LogP) is 3.69. The van der Waals surface area contributed by atoms with Crippen LogP contribution in [0.5, 0.6) is 0 Å². The first-order valence-corrected chi connectivity index (χ1v) is 5.31. The molecule has 0 spiro atoms. The summed E-state index contributed by atoms with van der Waals surface area (Å²) in [4.78, 5) is 4.25. The van der Waals surface area contributed by atoms with Gasteiger partial charge in [-0.25, -0.2) is 4.98 Å². The summed E-state index contributed by atoms with van der Waals surface area (Å²) < 4.78 is 0.914. The van der Waals surface area contributed by atoms with Gasteiger partial charge in [0.25, 0.3) is 0 Å². The zero-order valence-electron chi connectivity index (χ0n) is 7.51. The second kappa shape index (κ2) is 3.75. The van der Waals surface area contributed by atoms with Crippen molar-refractivity contribution in [1.29, 1.82) is 0 Å². The van der Waals surface area contributed by atoms with Gasteiger partial charge in [0.05, 0.1) is 0 Å². The van der Waals surface area contributed by atoms with Crippen molar-refractivity contribution in [1.82, 2.24) is 4.98 Å². The van der Waals surface area contributed by atoms with Gasteiger partial charge in [-0.1, -0.05) is 23.7 Å². The number of halogens is 2. The predicted molar refractivity (Wildman–Crippen MR) is 64.0 cm³/mol. The van der Waals surface area contributed by atoms with Gasteiger partial charge in [0.15, 0.2) is 0 Å². The molecule has 0 amide bonds. The summed E-state index contributed by atoms with van der Waals surface area (Å²) in [5.74, 6) is 0.839. The average Bonchev–Trinajstić information content (AvgIpc) is 2.18. The molecule has 0 bridgehead atoms. The zero-order chi connectivity index (χ0) is 10.1. The number of hydrogen-bond donors (Lipinski definition) is 1. The van der Waals surface area contributed by atoms with Gasteiger partial charge in [0.2, 0.25) is 0 Å². The van der Waals surface area contributed by atoms with Crippen LogP contribution in [0.25, 0.3) is 10.8 Å². The van der Waals surface area contributed by atoms with E-state index in [9.17, 15) is 0 Å². The number of nitrogens with zero attached hydrogens (tertiary/aromatic N) is 1. The van der Waals surface area contributed by atoms with Crippen molar-refractivity contribution >= 4 is 44.1 Å². The van der Waals surface area contributed by atoms with Crippen LogP contribution in [0.1, 0.15) is 0 Å². The van der Waals surface area contributed by atoms with Crippen LogP contribution in [-0.4, -0.2) is 12.0 Å². The van der Waals surface area contributed by atoms with Gasteiger partial charge in [0, 0.05) is 33.5 Å². The molecular weight excluding hydrogens is 263 g/mol. The Labute approximate surface area is 95.4 Å². The Morgan fingerprint density at radius 2 is 2.21 bits per heavy atom. The largest absolute Gasteiger partial charge is 0.373 e. The SMILES string of the molecule is CNc1ncc(Br)c2c(Cl)cccc12. The van der Waals surface area contributed by atoms with Crippen LogP contribution in [-0.2, 0) is 0 Å². The highest BCUT2D eigenvalue weighted by Crippen LogP contribution is 2.33. The van der Waals surface area contributed by atoms with E-state index >= 15 is 0 Å². The summed E-state index contributed by atoms with van der Waals surface area (Å²) in [7, 11) is 1.84. The summed E-state index contributed by atoms with van der Waals surface area (Å²) >= 11 is 9.54. The number of nitrogens with one attached hydrogen (secondary N) is 1. The Bertz CT molecular complexity index is 477. The summed E-state index contributed by atoms with van der Waals surface area (Å²) in [6, 6.07) is 5.78. The van der Waals surface area contributed by atoms with E-state index in [4.69, 9.17) is 11.6 Å². The number of rotatable bonds is 1. The highest BCUT2D eigenvalue weighted by molar-refractivity contribution is 9.10. The van der Waals surface area contributed by atoms with E-state index in [1.807, 2.05) is 25.2 Å². The van der Waals surface area contributed by atoms with Crippen molar-refractivity contribution < 1.29 is 0 Å². The number of benzene rings is 1. The van der Waals surface area contributed by atoms with Gasteiger partial charge in [0.1, 0.15) is 5.82 Å². The molecule has 1 heterocycles. The van der Waals surface area contributed by atoms with Crippen LogP contribution < -0.4 is 5.32 Å². The third-order valence-corrected chi connectivity index (χ3v) is 2.97. The average molecular weight is 272 g/mol. The smallest absolute Gasteiger partial charge is 0.133 e. The van der Waals surface area contributed by atoms with Crippen LogP contribution in [0.3, 0.4) is 0 Å². The molecule has 0 saturated carbocycles. The lowest BCUT2D eigenvalue weighted by molar-refractivity contribution is 1.30. The van der Waals surface area contributed by atoms with E-state index in [0.717, 1.165) is 26.1 Å². The van der Waals surface area contributed by atoms with E-state index in [-0.39, 0.29) is 0 Å². The minimum atomic E-state index is 0.730. The first-order valence-electron chi connectivity index (χ1n) is 4.14. The van der Waals surface area contributed by atoms with Crippen molar-refractivity contribution in [3.8, 4) is 0 Å². The quantitative estimate of drug-likeness (QED) is 0.855. The third kappa shape index (κ3) is 1.47. The molecule has 72 valence electrons. The molecule has 1 aromatic heterocycles. The summed E-state index contributed by atoms with van der Waals surface area (Å²) in [6.07, 6.45) is 1.75. The number of fused-ring (bicyclic) bond motifs is 1. The van der Waals surface area contributed by atoms with Crippen LogP contribution in [0.15, 0.2) is 28.9 Å². The van der Waals surface area contributed by atoms with E-state index in [1.165, 1.54) is 0 Å². The molecule has 4 heteroatoms. The van der Waals surface area contributed by atoms with Gasteiger partial charge < -0.3 is 5.32 Å². The fourth-order valence-electron chi connectivity index (χ4n) is 1.42. The second-order valence-electron chi connectivity index (χ2n) is 2.87. The van der Waals surface area contributed by atoms with E-state index in [1.54, 1.807) is 6.20 Å². The molecule has 1 aromatic carbocycles. The fraction of sp³-hybridized carbons (Fsp3) is 0.100. The molecule has 1 N–H and O–H groups in total. The van der Waals surface area contributed by atoms with Crippen LogP contribution in [0.2, 0.25) is 5.02 Å². The molecular formula is C10H8BrClN2. The Balaban J connectivity index is 2.91. The minimum absolute atomic E-state index is 0.730. The molecule has 0 unspecified atom stereocenters. The van der Waals surface area contributed by atoms with Gasteiger partial charge in [-0.15, -0.1) is 0 Å². The monoisotopic (exact) mass is 270 g/mol. The fourth-order valence-corrected chi connectivity index (χ4v) is 2.34. The summed E-state index contributed by atoms with van der Waals surface area (Å²) in [6.45, 7) is 0. The molecule has 14 heavy (non-hydrogen) atoms. The molecule has 0 aliphatic rings. The lowest BCUT2D eigenvalue weighted by Gasteiger charge is -2.07. The first kappa shape index (κ1) is 9.74. The molecule has 0 fully saturated rings. The normalized spacial score (nSPS) is 10.5. The molecule has 2 nitrogen and oxygen atoms in total. The lowest BCUT2D eigenvalue weighted by Crippen LogP contribution is -1.93. The van der Waals surface area contributed by atoms with Crippen LogP contribution in [0.4, 0.5) is 5.82 Å². The minimum Gasteiger partial charge on any atom is -0.373 e. The van der Waals surface area contributed by atoms with E-state index in [0.29, 0.717) is 0 Å². The van der Waals surface area contributed by atoms with Crippen LogP contribution in [0, 0.1) is 0 Å². The maximum Gasteiger partial charge on any atom is 0.133 e.